The highest BCUT2D eigenvalue weighted by atomic mass is 35.5. The number of benzene rings is 2. The third-order valence-corrected chi connectivity index (χ3v) is 4.06. The zero-order valence-corrected chi connectivity index (χ0v) is 11.4. The number of nitrogens with zero attached hydrogens (tertiary/aromatic N) is 1. The number of fused-ring (bicyclic) bond motifs is 1. The minimum atomic E-state index is 0.132. The van der Waals surface area contributed by atoms with E-state index in [-0.39, 0.29) is 5.75 Å². The van der Waals surface area contributed by atoms with Gasteiger partial charge in [0.25, 0.3) is 0 Å². The summed E-state index contributed by atoms with van der Waals surface area (Å²) in [6, 6.07) is 10.5. The molecule has 0 aliphatic rings. The molecule has 0 spiro atoms. The molecule has 0 fully saturated rings. The van der Waals surface area contributed by atoms with Gasteiger partial charge >= 0.3 is 0 Å². The summed E-state index contributed by atoms with van der Waals surface area (Å²) in [5.41, 5.74) is 1.55. The summed E-state index contributed by atoms with van der Waals surface area (Å²) in [6.45, 7) is 0. The topological polar surface area (TPSA) is 33.1 Å². The van der Waals surface area contributed by atoms with Gasteiger partial charge in [-0.2, -0.15) is 0 Å². The molecule has 0 atom stereocenters. The number of hydrogen-bond acceptors (Lipinski definition) is 3. The van der Waals surface area contributed by atoms with E-state index >= 15 is 0 Å². The van der Waals surface area contributed by atoms with Crippen LogP contribution in [0.15, 0.2) is 36.4 Å². The Labute approximate surface area is 117 Å². The monoisotopic (exact) mass is 295 g/mol. The second-order valence-corrected chi connectivity index (χ2v) is 5.70. The van der Waals surface area contributed by atoms with Gasteiger partial charge < -0.3 is 5.11 Å². The second kappa shape index (κ2) is 4.43. The van der Waals surface area contributed by atoms with E-state index in [1.54, 1.807) is 18.2 Å². The maximum absolute atomic E-state index is 9.88. The molecule has 5 heteroatoms. The quantitative estimate of drug-likeness (QED) is 0.687. The smallest absolute Gasteiger partial charge is 0.128 e. The first-order valence-electron chi connectivity index (χ1n) is 5.18. The lowest BCUT2D eigenvalue weighted by Crippen LogP contribution is -1.77. The van der Waals surface area contributed by atoms with Crippen LogP contribution in [0.4, 0.5) is 0 Å². The van der Waals surface area contributed by atoms with Crippen LogP contribution in [-0.4, -0.2) is 10.1 Å². The van der Waals surface area contributed by atoms with Gasteiger partial charge in [-0.1, -0.05) is 23.2 Å². The van der Waals surface area contributed by atoms with Crippen molar-refractivity contribution in [3.8, 4) is 16.3 Å². The van der Waals surface area contributed by atoms with E-state index in [1.807, 2.05) is 12.1 Å². The normalized spacial score (nSPS) is 11.0. The molecular weight excluding hydrogens is 289 g/mol. The number of aromatic nitrogens is 1. The maximum Gasteiger partial charge on any atom is 0.128 e. The van der Waals surface area contributed by atoms with Crippen molar-refractivity contribution >= 4 is 44.8 Å². The Morgan fingerprint density at radius 2 is 1.72 bits per heavy atom. The first-order valence-corrected chi connectivity index (χ1v) is 6.76. The number of rotatable bonds is 1. The zero-order valence-electron chi connectivity index (χ0n) is 9.02. The third kappa shape index (κ3) is 2.05. The van der Waals surface area contributed by atoms with Crippen LogP contribution in [0, 0.1) is 0 Å². The Bertz CT molecular complexity index is 739. The first-order chi connectivity index (χ1) is 8.63. The van der Waals surface area contributed by atoms with Crippen LogP contribution >= 0.6 is 34.5 Å². The van der Waals surface area contributed by atoms with Crippen molar-refractivity contribution in [1.82, 2.24) is 4.98 Å². The Morgan fingerprint density at radius 1 is 1.00 bits per heavy atom. The van der Waals surface area contributed by atoms with Crippen molar-refractivity contribution in [2.24, 2.45) is 0 Å². The van der Waals surface area contributed by atoms with E-state index in [0.29, 0.717) is 15.6 Å². The summed E-state index contributed by atoms with van der Waals surface area (Å²) in [6.07, 6.45) is 0. The van der Waals surface area contributed by atoms with E-state index in [4.69, 9.17) is 23.2 Å². The fourth-order valence-corrected chi connectivity index (χ4v) is 3.14. The predicted molar refractivity (Wildman–Crippen MR) is 76.7 cm³/mol. The van der Waals surface area contributed by atoms with Gasteiger partial charge in [0.1, 0.15) is 10.8 Å². The molecule has 3 aromatic rings. The van der Waals surface area contributed by atoms with Crippen LogP contribution in [0.3, 0.4) is 0 Å². The minimum absolute atomic E-state index is 0.132. The van der Waals surface area contributed by atoms with Crippen LogP contribution in [0.2, 0.25) is 10.0 Å². The molecule has 3 rings (SSSR count). The lowest BCUT2D eigenvalue weighted by atomic mass is 10.2. The molecule has 18 heavy (non-hydrogen) atoms. The van der Waals surface area contributed by atoms with Crippen molar-refractivity contribution in [2.75, 3.05) is 0 Å². The summed E-state index contributed by atoms with van der Waals surface area (Å²) in [5.74, 6) is 0.132. The summed E-state index contributed by atoms with van der Waals surface area (Å²) in [7, 11) is 0. The fourth-order valence-electron chi connectivity index (χ4n) is 1.70. The van der Waals surface area contributed by atoms with E-state index in [9.17, 15) is 5.11 Å². The lowest BCUT2D eigenvalue weighted by molar-refractivity contribution is 0.477. The minimum Gasteiger partial charge on any atom is -0.507 e. The molecule has 90 valence electrons. The van der Waals surface area contributed by atoms with E-state index in [2.05, 4.69) is 4.98 Å². The Kier molecular flexibility index (Phi) is 2.90. The second-order valence-electron chi connectivity index (χ2n) is 3.79. The van der Waals surface area contributed by atoms with Crippen LogP contribution < -0.4 is 0 Å². The Morgan fingerprint density at radius 3 is 2.50 bits per heavy atom. The van der Waals surface area contributed by atoms with Crippen molar-refractivity contribution in [3.63, 3.8) is 0 Å². The highest BCUT2D eigenvalue weighted by molar-refractivity contribution is 7.21. The number of halogens is 2. The number of phenolic OH excluding ortho intramolecular Hbond substituents is 1. The number of thiazole rings is 1. The molecule has 2 nitrogen and oxygen atoms in total. The molecule has 0 aliphatic carbocycles. The van der Waals surface area contributed by atoms with Crippen molar-refractivity contribution in [3.05, 3.63) is 46.4 Å². The largest absolute Gasteiger partial charge is 0.507 e. The number of aromatic hydroxyl groups is 1. The van der Waals surface area contributed by atoms with Crippen molar-refractivity contribution in [1.29, 1.82) is 0 Å². The SMILES string of the molecule is Oc1cc(Cl)ccc1-c1nc2ccc(Cl)cc2s1. The van der Waals surface area contributed by atoms with E-state index in [1.165, 1.54) is 17.4 Å². The summed E-state index contributed by atoms with van der Waals surface area (Å²) >= 11 is 13.2. The molecule has 1 N–H and O–H groups in total. The molecule has 0 saturated heterocycles. The number of hydrogen-bond donors (Lipinski definition) is 1. The first kappa shape index (κ1) is 11.8. The Hall–Kier alpha value is -1.29. The van der Waals surface area contributed by atoms with Gasteiger partial charge in [-0.15, -0.1) is 11.3 Å². The molecule has 0 aliphatic heterocycles. The number of phenols is 1. The molecular formula is C13H7Cl2NOS. The highest BCUT2D eigenvalue weighted by Gasteiger charge is 2.10. The third-order valence-electron chi connectivity index (χ3n) is 2.54. The van der Waals surface area contributed by atoms with Crippen LogP contribution in [0.5, 0.6) is 5.75 Å². The average Bonchev–Trinajstić information content (AvgIpc) is 2.71. The summed E-state index contributed by atoms with van der Waals surface area (Å²) < 4.78 is 0.992. The zero-order chi connectivity index (χ0) is 12.7. The summed E-state index contributed by atoms with van der Waals surface area (Å²) in [5, 5.41) is 11.8. The molecule has 1 heterocycles. The van der Waals surface area contributed by atoms with Gasteiger partial charge in [-0.3, -0.25) is 0 Å². The van der Waals surface area contributed by atoms with E-state index in [0.717, 1.165) is 15.2 Å². The van der Waals surface area contributed by atoms with Gasteiger partial charge in [0, 0.05) is 10.0 Å². The van der Waals surface area contributed by atoms with E-state index < -0.39 is 0 Å². The highest BCUT2D eigenvalue weighted by Crippen LogP contribution is 2.37. The standard InChI is InChI=1S/C13H7Cl2NOS/c14-7-1-3-9(11(17)5-7)13-16-10-4-2-8(15)6-12(10)18-13/h1-6,17H. The molecule has 0 saturated carbocycles. The summed E-state index contributed by atoms with van der Waals surface area (Å²) in [4.78, 5) is 4.47. The van der Waals surface area contributed by atoms with Crippen LogP contribution in [0.25, 0.3) is 20.8 Å². The van der Waals surface area contributed by atoms with Gasteiger partial charge in [-0.25, -0.2) is 4.98 Å². The molecule has 0 amide bonds. The fraction of sp³-hybridized carbons (Fsp3) is 0. The molecule has 1 aromatic heterocycles. The van der Waals surface area contributed by atoms with Gasteiger partial charge in [-0.05, 0) is 36.4 Å². The Balaban J connectivity index is 2.19. The maximum atomic E-state index is 9.88. The predicted octanol–water partition coefficient (Wildman–Crippen LogP) is 4.98. The molecule has 0 unspecified atom stereocenters. The van der Waals surface area contributed by atoms with Crippen molar-refractivity contribution in [2.45, 2.75) is 0 Å². The van der Waals surface area contributed by atoms with Crippen LogP contribution in [-0.2, 0) is 0 Å². The van der Waals surface area contributed by atoms with Gasteiger partial charge in [0.05, 0.1) is 15.8 Å². The lowest BCUT2D eigenvalue weighted by Gasteiger charge is -2.00. The van der Waals surface area contributed by atoms with Crippen LogP contribution in [0.1, 0.15) is 0 Å². The average molecular weight is 296 g/mol. The van der Waals surface area contributed by atoms with Gasteiger partial charge in [0.15, 0.2) is 0 Å². The van der Waals surface area contributed by atoms with Gasteiger partial charge in [0.2, 0.25) is 0 Å². The molecule has 2 aromatic carbocycles. The molecule has 0 bridgehead atoms. The molecule has 0 radical (unpaired) electrons. The van der Waals surface area contributed by atoms with Crippen molar-refractivity contribution < 1.29 is 5.11 Å².